The minimum absolute atomic E-state index is 0.0204. The van der Waals surface area contributed by atoms with Crippen molar-refractivity contribution in [3.8, 4) is 17.2 Å². The molecule has 2 heterocycles. The third kappa shape index (κ3) is 8.84. The molecule has 0 N–H and O–H groups in total. The molecule has 0 saturated carbocycles. The van der Waals surface area contributed by atoms with Crippen LogP contribution in [-0.2, 0) is 23.8 Å². The number of methoxy groups -OCH3 is 1. The number of nitrogens with zero attached hydrogens (tertiary/aromatic N) is 2. The van der Waals surface area contributed by atoms with Gasteiger partial charge in [0, 0.05) is 38.5 Å². The number of hydrogen-bond acceptors (Lipinski definition) is 10. The van der Waals surface area contributed by atoms with E-state index in [0.29, 0.717) is 36.9 Å². The lowest BCUT2D eigenvalue weighted by atomic mass is 9.82. The Bertz CT molecular complexity index is 1310. The predicted octanol–water partition coefficient (Wildman–Crippen LogP) is 6.06. The molecule has 0 bridgehead atoms. The van der Waals surface area contributed by atoms with E-state index in [0.717, 1.165) is 36.8 Å². The van der Waals surface area contributed by atoms with Gasteiger partial charge in [-0.2, -0.15) is 0 Å². The predicted molar refractivity (Wildman–Crippen MR) is 171 cm³/mol. The highest BCUT2D eigenvalue weighted by atomic mass is 16.8. The fraction of sp³-hybridized carbons (Fsp3) is 0.571. The molecule has 2 aliphatic heterocycles. The maximum absolute atomic E-state index is 14.2. The van der Waals surface area contributed by atoms with Crippen LogP contribution in [0.2, 0.25) is 0 Å². The summed E-state index contributed by atoms with van der Waals surface area (Å²) in [6, 6.07) is 12.6. The highest BCUT2D eigenvalue weighted by molar-refractivity contribution is 5.80. The van der Waals surface area contributed by atoms with Gasteiger partial charge in [-0.1, -0.05) is 44.9 Å². The Morgan fingerprint density at radius 1 is 0.891 bits per heavy atom. The average molecular weight is 641 g/mol. The van der Waals surface area contributed by atoms with E-state index in [9.17, 15) is 14.4 Å². The topological polar surface area (TPSA) is 113 Å². The summed E-state index contributed by atoms with van der Waals surface area (Å²) in [5, 5.41) is 0. The average Bonchev–Trinajstić information content (AvgIpc) is 3.65. The van der Waals surface area contributed by atoms with Crippen molar-refractivity contribution in [2.75, 3.05) is 40.1 Å². The molecule has 0 aliphatic carbocycles. The van der Waals surface area contributed by atoms with Crippen LogP contribution < -0.4 is 14.2 Å². The second-order valence-corrected chi connectivity index (χ2v) is 12.0. The highest BCUT2D eigenvalue weighted by Crippen LogP contribution is 2.48. The molecule has 0 radical (unpaired) electrons. The second-order valence-electron chi connectivity index (χ2n) is 12.0. The van der Waals surface area contributed by atoms with Gasteiger partial charge in [0.1, 0.15) is 5.75 Å². The number of amides is 1. The van der Waals surface area contributed by atoms with Crippen molar-refractivity contribution in [2.45, 2.75) is 84.7 Å². The molecule has 1 amide bonds. The van der Waals surface area contributed by atoms with Crippen LogP contribution in [0.1, 0.15) is 83.4 Å². The SMILES string of the molecule is CCCCN(CCCC)C(=O)CN1C[C@H](c2ccc3c(c2)OCO3)[C@@H](C(=O)OC(C)OC(=O)OC(C)C)[C@@H]1c1ccc(OC)cc1. The number of fused-ring (bicyclic) bond motifs is 1. The lowest BCUT2D eigenvalue weighted by molar-refractivity contribution is -0.175. The number of unbranched alkanes of at least 4 members (excludes halogenated alkanes) is 2. The van der Waals surface area contributed by atoms with Crippen LogP contribution >= 0.6 is 0 Å². The Hall–Kier alpha value is -3.99. The number of rotatable bonds is 15. The first-order valence-corrected chi connectivity index (χ1v) is 16.3. The van der Waals surface area contributed by atoms with Gasteiger partial charge >= 0.3 is 12.1 Å². The van der Waals surface area contributed by atoms with Crippen molar-refractivity contribution >= 4 is 18.0 Å². The first-order valence-electron chi connectivity index (χ1n) is 16.3. The second kappa shape index (κ2) is 16.5. The van der Waals surface area contributed by atoms with Crippen LogP contribution in [0, 0.1) is 5.92 Å². The molecule has 11 heteroatoms. The van der Waals surface area contributed by atoms with E-state index in [4.69, 9.17) is 28.4 Å². The van der Waals surface area contributed by atoms with Crippen molar-refractivity contribution in [1.29, 1.82) is 0 Å². The number of benzene rings is 2. The van der Waals surface area contributed by atoms with Gasteiger partial charge in [-0.25, -0.2) is 4.79 Å². The van der Waals surface area contributed by atoms with Gasteiger partial charge in [-0.3, -0.25) is 14.5 Å². The molecule has 252 valence electrons. The zero-order valence-corrected chi connectivity index (χ0v) is 27.9. The lowest BCUT2D eigenvalue weighted by Gasteiger charge is -2.31. The molecule has 4 atom stereocenters. The van der Waals surface area contributed by atoms with Gasteiger partial charge < -0.3 is 33.3 Å². The zero-order valence-electron chi connectivity index (χ0n) is 27.9. The summed E-state index contributed by atoms with van der Waals surface area (Å²) < 4.78 is 32.7. The van der Waals surface area contributed by atoms with Gasteiger partial charge in [0.2, 0.25) is 19.0 Å². The summed E-state index contributed by atoms with van der Waals surface area (Å²) in [7, 11) is 1.60. The molecular weight excluding hydrogens is 592 g/mol. The van der Waals surface area contributed by atoms with E-state index in [1.54, 1.807) is 21.0 Å². The van der Waals surface area contributed by atoms with E-state index < -0.39 is 30.4 Å². The first-order chi connectivity index (χ1) is 22.1. The zero-order chi connectivity index (χ0) is 33.2. The standard InChI is InChI=1S/C35H48N2O9/c1-7-9-17-36(18-10-8-2)31(38)21-37-20-28(26-13-16-29-30(19-26)43-22-42-29)32(33(37)25-11-14-27(41-6)15-12-25)34(39)45-24(5)46-35(40)44-23(3)4/h11-16,19,23-24,28,32-33H,7-10,17-18,20-22H2,1-6H3/t24?,28-,32-,33+/m1/s1. The molecular formula is C35H48N2O9. The van der Waals surface area contributed by atoms with Crippen LogP contribution in [0.5, 0.6) is 17.2 Å². The van der Waals surface area contributed by atoms with Crippen molar-refractivity contribution in [3.05, 3.63) is 53.6 Å². The highest BCUT2D eigenvalue weighted by Gasteiger charge is 2.49. The van der Waals surface area contributed by atoms with E-state index >= 15 is 0 Å². The van der Waals surface area contributed by atoms with Crippen molar-refractivity contribution < 1.29 is 42.8 Å². The number of hydrogen-bond donors (Lipinski definition) is 0. The van der Waals surface area contributed by atoms with E-state index in [1.165, 1.54) is 6.92 Å². The Kier molecular flexibility index (Phi) is 12.5. The van der Waals surface area contributed by atoms with E-state index in [2.05, 4.69) is 18.7 Å². The molecule has 1 unspecified atom stereocenters. The van der Waals surface area contributed by atoms with Crippen LogP contribution in [0.25, 0.3) is 0 Å². The molecule has 4 rings (SSSR count). The Balaban J connectivity index is 1.71. The summed E-state index contributed by atoms with van der Waals surface area (Å²) >= 11 is 0. The summed E-state index contributed by atoms with van der Waals surface area (Å²) in [4.78, 5) is 44.2. The van der Waals surface area contributed by atoms with Crippen molar-refractivity contribution in [2.24, 2.45) is 5.92 Å². The third-order valence-electron chi connectivity index (χ3n) is 8.28. The van der Waals surface area contributed by atoms with E-state index in [-0.39, 0.29) is 31.3 Å². The summed E-state index contributed by atoms with van der Waals surface area (Å²) in [5.74, 6) is 0.229. The summed E-state index contributed by atoms with van der Waals surface area (Å²) in [6.45, 7) is 11.1. The minimum atomic E-state index is -1.19. The normalized spacial score (nSPS) is 19.5. The molecule has 2 aliphatic rings. The molecule has 0 spiro atoms. The largest absolute Gasteiger partial charge is 0.511 e. The smallest absolute Gasteiger partial charge is 0.497 e. The maximum atomic E-state index is 14.2. The maximum Gasteiger partial charge on any atom is 0.511 e. The monoisotopic (exact) mass is 640 g/mol. The van der Waals surface area contributed by atoms with Crippen LogP contribution in [-0.4, -0.2) is 80.3 Å². The van der Waals surface area contributed by atoms with E-state index in [1.807, 2.05) is 47.4 Å². The third-order valence-corrected chi connectivity index (χ3v) is 8.28. The van der Waals surface area contributed by atoms with Crippen LogP contribution in [0.4, 0.5) is 4.79 Å². The fourth-order valence-corrected chi connectivity index (χ4v) is 6.01. The Morgan fingerprint density at radius 2 is 1.54 bits per heavy atom. The van der Waals surface area contributed by atoms with Gasteiger partial charge in [-0.15, -0.1) is 0 Å². The quantitative estimate of drug-likeness (QED) is 0.168. The molecule has 11 nitrogen and oxygen atoms in total. The summed E-state index contributed by atoms with van der Waals surface area (Å²) in [6.07, 6.45) is 1.31. The van der Waals surface area contributed by atoms with Gasteiger partial charge in [0.05, 0.1) is 25.7 Å². The molecule has 46 heavy (non-hydrogen) atoms. The number of likely N-dealkylation sites (tertiary alicyclic amines) is 1. The molecule has 2 aromatic rings. The number of carbonyl (C=O) groups excluding carboxylic acids is 3. The number of ether oxygens (including phenoxy) is 6. The van der Waals surface area contributed by atoms with Gasteiger partial charge in [0.15, 0.2) is 11.5 Å². The minimum Gasteiger partial charge on any atom is -0.497 e. The molecule has 1 fully saturated rings. The fourth-order valence-electron chi connectivity index (χ4n) is 6.01. The van der Waals surface area contributed by atoms with Crippen LogP contribution in [0.3, 0.4) is 0 Å². The molecule has 2 aromatic carbocycles. The summed E-state index contributed by atoms with van der Waals surface area (Å²) in [5.41, 5.74) is 1.68. The lowest BCUT2D eigenvalue weighted by Crippen LogP contribution is -2.42. The van der Waals surface area contributed by atoms with Crippen LogP contribution in [0.15, 0.2) is 42.5 Å². The van der Waals surface area contributed by atoms with Gasteiger partial charge in [0.25, 0.3) is 0 Å². The Labute approximate surface area is 272 Å². The van der Waals surface area contributed by atoms with Crippen molar-refractivity contribution in [1.82, 2.24) is 9.80 Å². The molecule has 1 saturated heterocycles. The first kappa shape index (κ1) is 34.9. The molecule has 0 aromatic heterocycles. The van der Waals surface area contributed by atoms with Crippen molar-refractivity contribution in [3.63, 3.8) is 0 Å². The number of carbonyl (C=O) groups is 3. The Morgan fingerprint density at radius 3 is 2.17 bits per heavy atom. The van der Waals surface area contributed by atoms with Gasteiger partial charge in [-0.05, 0) is 62.1 Å². The number of esters is 1.